The number of halogens is 2. The Morgan fingerprint density at radius 1 is 1.32 bits per heavy atom. The van der Waals surface area contributed by atoms with Crippen molar-refractivity contribution < 1.29 is 4.39 Å². The van der Waals surface area contributed by atoms with Gasteiger partial charge in [-0.1, -0.05) is 12.5 Å². The maximum atomic E-state index is 13.4. The number of likely N-dealkylation sites (tertiary alicyclic amines) is 1. The van der Waals surface area contributed by atoms with Crippen LogP contribution in [0.25, 0.3) is 0 Å². The third kappa shape index (κ3) is 4.55. The number of benzene rings is 1. The lowest BCUT2D eigenvalue weighted by Gasteiger charge is -2.32. The van der Waals surface area contributed by atoms with E-state index in [4.69, 9.17) is 0 Å². The number of nitrogens with one attached hydrogen (secondary N) is 1. The number of nitrogens with zero attached hydrogens (tertiary/aromatic N) is 1. The molecule has 1 aromatic rings. The zero-order valence-corrected chi connectivity index (χ0v) is 13.0. The van der Waals surface area contributed by atoms with Crippen LogP contribution in [0.15, 0.2) is 22.7 Å². The minimum Gasteiger partial charge on any atom is -0.311 e. The Bertz CT molecular complexity index is 405. The van der Waals surface area contributed by atoms with E-state index in [0.717, 1.165) is 18.7 Å². The number of piperidine rings is 1. The molecule has 2 nitrogen and oxygen atoms in total. The van der Waals surface area contributed by atoms with E-state index in [1.165, 1.54) is 32.4 Å². The summed E-state index contributed by atoms with van der Waals surface area (Å²) in [6, 6.07) is 5.86. The minimum absolute atomic E-state index is 0.191. The van der Waals surface area contributed by atoms with Gasteiger partial charge in [-0.3, -0.25) is 4.90 Å². The zero-order valence-electron chi connectivity index (χ0n) is 11.5. The van der Waals surface area contributed by atoms with E-state index in [9.17, 15) is 4.39 Å². The van der Waals surface area contributed by atoms with Gasteiger partial charge in [-0.05, 0) is 66.5 Å². The van der Waals surface area contributed by atoms with Crippen molar-refractivity contribution in [1.29, 1.82) is 0 Å². The summed E-state index contributed by atoms with van der Waals surface area (Å²) in [5, 5.41) is 3.42. The standard InChI is InChI=1S/C15H22BrFN2/c1-12(19-7-3-2-4-8-19)10-18-11-13-5-6-14(16)15(17)9-13/h5-6,9,12,18H,2-4,7-8,10-11H2,1H3. The fourth-order valence-corrected chi connectivity index (χ4v) is 2.81. The van der Waals surface area contributed by atoms with Crippen LogP contribution in [0.5, 0.6) is 0 Å². The molecule has 0 saturated carbocycles. The van der Waals surface area contributed by atoms with E-state index in [1.54, 1.807) is 12.1 Å². The molecule has 0 aliphatic carbocycles. The number of hydrogen-bond donors (Lipinski definition) is 1. The van der Waals surface area contributed by atoms with E-state index in [1.807, 2.05) is 6.07 Å². The molecule has 106 valence electrons. The summed E-state index contributed by atoms with van der Waals surface area (Å²) in [6.07, 6.45) is 4.01. The van der Waals surface area contributed by atoms with Crippen molar-refractivity contribution >= 4 is 15.9 Å². The van der Waals surface area contributed by atoms with E-state index < -0.39 is 0 Å². The summed E-state index contributed by atoms with van der Waals surface area (Å²) >= 11 is 3.17. The molecule has 1 aliphatic heterocycles. The molecule has 4 heteroatoms. The highest BCUT2D eigenvalue weighted by Crippen LogP contribution is 2.16. The van der Waals surface area contributed by atoms with E-state index in [2.05, 4.69) is 33.1 Å². The Hall–Kier alpha value is -0.450. The lowest BCUT2D eigenvalue weighted by molar-refractivity contribution is 0.170. The summed E-state index contributed by atoms with van der Waals surface area (Å²) in [6.45, 7) is 6.38. The average molecular weight is 329 g/mol. The molecule has 1 heterocycles. The third-order valence-corrected chi connectivity index (χ3v) is 4.41. The molecule has 1 aliphatic rings. The SMILES string of the molecule is CC(CNCc1ccc(Br)c(F)c1)N1CCCCC1. The maximum absolute atomic E-state index is 13.4. The van der Waals surface area contributed by atoms with Crippen molar-refractivity contribution in [2.45, 2.75) is 38.8 Å². The molecule has 0 amide bonds. The predicted octanol–water partition coefficient (Wildman–Crippen LogP) is 3.55. The molecular formula is C15H22BrFN2. The quantitative estimate of drug-likeness (QED) is 0.889. The van der Waals surface area contributed by atoms with E-state index in [-0.39, 0.29) is 5.82 Å². The van der Waals surface area contributed by atoms with Gasteiger partial charge in [0.1, 0.15) is 5.82 Å². The van der Waals surface area contributed by atoms with Crippen molar-refractivity contribution in [2.75, 3.05) is 19.6 Å². The second kappa shape index (κ2) is 7.36. The third-order valence-electron chi connectivity index (χ3n) is 3.77. The van der Waals surface area contributed by atoms with Gasteiger partial charge in [-0.25, -0.2) is 4.39 Å². The monoisotopic (exact) mass is 328 g/mol. The predicted molar refractivity (Wildman–Crippen MR) is 80.7 cm³/mol. The van der Waals surface area contributed by atoms with Gasteiger partial charge in [0.2, 0.25) is 0 Å². The summed E-state index contributed by atoms with van der Waals surface area (Å²) in [5.41, 5.74) is 0.992. The van der Waals surface area contributed by atoms with Crippen LogP contribution in [0.4, 0.5) is 4.39 Å². The lowest BCUT2D eigenvalue weighted by atomic mass is 10.1. The Morgan fingerprint density at radius 2 is 2.05 bits per heavy atom. The Balaban J connectivity index is 1.74. The van der Waals surface area contributed by atoms with Crippen LogP contribution >= 0.6 is 15.9 Å². The second-order valence-corrected chi connectivity index (χ2v) is 6.18. The van der Waals surface area contributed by atoms with Gasteiger partial charge in [0.25, 0.3) is 0 Å². The van der Waals surface area contributed by atoms with Gasteiger partial charge >= 0.3 is 0 Å². The van der Waals surface area contributed by atoms with Crippen molar-refractivity contribution in [3.63, 3.8) is 0 Å². The molecular weight excluding hydrogens is 307 g/mol. The highest BCUT2D eigenvalue weighted by atomic mass is 79.9. The highest BCUT2D eigenvalue weighted by Gasteiger charge is 2.15. The molecule has 1 unspecified atom stereocenters. The van der Waals surface area contributed by atoms with Gasteiger partial charge in [0.15, 0.2) is 0 Å². The van der Waals surface area contributed by atoms with E-state index in [0.29, 0.717) is 10.5 Å². The Morgan fingerprint density at radius 3 is 2.74 bits per heavy atom. The average Bonchev–Trinajstić information content (AvgIpc) is 2.43. The molecule has 0 aromatic heterocycles. The lowest BCUT2D eigenvalue weighted by Crippen LogP contribution is -2.42. The summed E-state index contributed by atoms with van der Waals surface area (Å²) in [7, 11) is 0. The van der Waals surface area contributed by atoms with Crippen LogP contribution < -0.4 is 5.32 Å². The van der Waals surface area contributed by atoms with Crippen LogP contribution in [0.3, 0.4) is 0 Å². The molecule has 0 bridgehead atoms. The van der Waals surface area contributed by atoms with Crippen molar-refractivity contribution in [3.8, 4) is 0 Å². The van der Waals surface area contributed by atoms with Gasteiger partial charge in [0, 0.05) is 19.1 Å². The maximum Gasteiger partial charge on any atom is 0.137 e. The van der Waals surface area contributed by atoms with Crippen LogP contribution in [-0.2, 0) is 6.54 Å². The molecule has 1 saturated heterocycles. The zero-order chi connectivity index (χ0) is 13.7. The Kier molecular flexibility index (Phi) is 5.79. The van der Waals surface area contributed by atoms with Crippen molar-refractivity contribution in [1.82, 2.24) is 10.2 Å². The largest absolute Gasteiger partial charge is 0.311 e. The first kappa shape index (κ1) is 14.9. The molecule has 1 atom stereocenters. The minimum atomic E-state index is -0.191. The molecule has 2 rings (SSSR count). The highest BCUT2D eigenvalue weighted by molar-refractivity contribution is 9.10. The molecule has 1 aromatic carbocycles. The normalized spacial score (nSPS) is 18.5. The molecule has 1 N–H and O–H groups in total. The number of rotatable bonds is 5. The first-order valence-electron chi connectivity index (χ1n) is 7.05. The van der Waals surface area contributed by atoms with Crippen LogP contribution in [0.2, 0.25) is 0 Å². The number of hydrogen-bond acceptors (Lipinski definition) is 2. The molecule has 19 heavy (non-hydrogen) atoms. The Labute approximate surface area is 123 Å². The van der Waals surface area contributed by atoms with Crippen LogP contribution in [-0.4, -0.2) is 30.6 Å². The fraction of sp³-hybridized carbons (Fsp3) is 0.600. The van der Waals surface area contributed by atoms with Gasteiger partial charge in [-0.15, -0.1) is 0 Å². The van der Waals surface area contributed by atoms with Crippen molar-refractivity contribution in [3.05, 3.63) is 34.1 Å². The summed E-state index contributed by atoms with van der Waals surface area (Å²) < 4.78 is 13.9. The van der Waals surface area contributed by atoms with Crippen LogP contribution in [0, 0.1) is 5.82 Å². The molecule has 0 spiro atoms. The topological polar surface area (TPSA) is 15.3 Å². The smallest absolute Gasteiger partial charge is 0.137 e. The van der Waals surface area contributed by atoms with Gasteiger partial charge in [-0.2, -0.15) is 0 Å². The fourth-order valence-electron chi connectivity index (χ4n) is 2.56. The van der Waals surface area contributed by atoms with Gasteiger partial charge < -0.3 is 5.32 Å². The molecule has 0 radical (unpaired) electrons. The van der Waals surface area contributed by atoms with Crippen molar-refractivity contribution in [2.24, 2.45) is 0 Å². The van der Waals surface area contributed by atoms with Crippen LogP contribution in [0.1, 0.15) is 31.7 Å². The summed E-state index contributed by atoms with van der Waals surface area (Å²) in [4.78, 5) is 2.54. The first-order valence-corrected chi connectivity index (χ1v) is 7.85. The first-order chi connectivity index (χ1) is 9.16. The molecule has 1 fully saturated rings. The van der Waals surface area contributed by atoms with E-state index >= 15 is 0 Å². The van der Waals surface area contributed by atoms with Gasteiger partial charge in [0.05, 0.1) is 4.47 Å². The second-order valence-electron chi connectivity index (χ2n) is 5.33. The summed E-state index contributed by atoms with van der Waals surface area (Å²) in [5.74, 6) is -0.191.